The second-order valence-corrected chi connectivity index (χ2v) is 9.78. The smallest absolute Gasteiger partial charge is 0.425 e. The largest absolute Gasteiger partial charge is 0.451 e. The Balaban J connectivity index is 2.20. The molecule has 2 aromatic rings. The van der Waals surface area contributed by atoms with Crippen LogP contribution < -0.4 is 0 Å². The van der Waals surface area contributed by atoms with Crippen LogP contribution in [0.1, 0.15) is 50.2 Å². The lowest BCUT2D eigenvalue weighted by molar-refractivity contribution is -0.210. The highest BCUT2D eigenvalue weighted by Gasteiger charge is 2.53. The number of nitrogens with zero attached hydrogens (tertiary/aromatic N) is 3. The van der Waals surface area contributed by atoms with E-state index in [9.17, 15) is 27.2 Å². The summed E-state index contributed by atoms with van der Waals surface area (Å²) in [6, 6.07) is 8.66. The number of benzene rings is 1. The van der Waals surface area contributed by atoms with Gasteiger partial charge in [-0.2, -0.15) is 18.1 Å². The van der Waals surface area contributed by atoms with E-state index in [4.69, 9.17) is 9.47 Å². The van der Waals surface area contributed by atoms with Gasteiger partial charge in [-0.15, -0.1) is 0 Å². The average Bonchev–Trinajstić information content (AvgIpc) is 2.74. The molecule has 0 unspecified atom stereocenters. The van der Waals surface area contributed by atoms with Gasteiger partial charge in [0.1, 0.15) is 27.3 Å². The van der Waals surface area contributed by atoms with Crippen molar-refractivity contribution in [2.24, 2.45) is 4.99 Å². The summed E-state index contributed by atoms with van der Waals surface area (Å²) in [5, 5.41) is 0. The van der Waals surface area contributed by atoms with Crippen molar-refractivity contribution in [2.45, 2.75) is 57.5 Å². The second kappa shape index (κ2) is 9.56. The predicted octanol–water partition coefficient (Wildman–Crippen LogP) is 5.98. The number of imide groups is 1. The van der Waals surface area contributed by atoms with E-state index in [0.29, 0.717) is 0 Å². The molecule has 0 saturated heterocycles. The fourth-order valence-electron chi connectivity index (χ4n) is 3.31. The molecule has 1 aliphatic heterocycles. The number of halogens is 5. The Hall–Kier alpha value is -3.02. The molecule has 7 nitrogen and oxygen atoms in total. The number of pyridine rings is 1. The highest BCUT2D eigenvalue weighted by molar-refractivity contribution is 9.10. The summed E-state index contributed by atoms with van der Waals surface area (Å²) in [5.74, 6) is -1.95. The molecule has 0 bridgehead atoms. The van der Waals surface area contributed by atoms with Crippen molar-refractivity contribution >= 4 is 34.0 Å². The molecule has 0 fully saturated rings. The van der Waals surface area contributed by atoms with Crippen molar-refractivity contribution in [1.82, 2.24) is 9.88 Å². The van der Waals surface area contributed by atoms with E-state index in [-0.39, 0.29) is 15.1 Å². The molecule has 3 rings (SSSR count). The predicted molar refractivity (Wildman–Crippen MR) is 121 cm³/mol. The number of carbonyl (C=O) groups excluding carboxylic acids is 2. The summed E-state index contributed by atoms with van der Waals surface area (Å²) < 4.78 is 66.8. The van der Waals surface area contributed by atoms with Gasteiger partial charge in [0.25, 0.3) is 5.91 Å². The average molecular weight is 560 g/mol. The Morgan fingerprint density at radius 1 is 1.14 bits per heavy atom. The van der Waals surface area contributed by atoms with E-state index in [1.807, 2.05) is 0 Å². The van der Waals surface area contributed by atoms with Crippen LogP contribution in [0.5, 0.6) is 0 Å². The maximum atomic E-state index is 14.7. The van der Waals surface area contributed by atoms with E-state index >= 15 is 0 Å². The van der Waals surface area contributed by atoms with Crippen LogP contribution >= 0.6 is 15.9 Å². The number of hydrogen-bond acceptors (Lipinski definition) is 6. The van der Waals surface area contributed by atoms with Crippen molar-refractivity contribution in [3.8, 4) is 0 Å². The molecule has 35 heavy (non-hydrogen) atoms. The van der Waals surface area contributed by atoms with Gasteiger partial charge >= 0.3 is 18.3 Å². The Morgan fingerprint density at radius 3 is 2.34 bits per heavy atom. The van der Waals surface area contributed by atoms with Crippen LogP contribution in [-0.4, -0.2) is 45.8 Å². The number of carbonyl (C=O) groups is 2. The molecule has 2 atom stereocenters. The third kappa shape index (κ3) is 6.16. The SMILES string of the molecule is CC(C)(C)OC(=O)N(C(=O)c1ccccc1)C1=N[C@](C)(c2nc(Br)ccc2F)C[C@@H](C(F)(F)F)O1. The Bertz CT molecular complexity index is 1150. The summed E-state index contributed by atoms with van der Waals surface area (Å²) in [6.45, 7) is 5.77. The van der Waals surface area contributed by atoms with Crippen molar-refractivity contribution in [3.05, 3.63) is 64.1 Å². The van der Waals surface area contributed by atoms with Crippen LogP contribution in [0.3, 0.4) is 0 Å². The standard InChI is InChI=1S/C23H22BrF4N3O4/c1-21(2,3)35-20(33)31(18(32)13-8-6-5-7-9-13)19-30-22(4,12-15(34-19)23(26,27)28)17-14(25)10-11-16(24)29-17/h5-11,15H,12H2,1-4H3/t15-,22-/m0/s1. The van der Waals surface area contributed by atoms with Gasteiger partial charge in [0.2, 0.25) is 0 Å². The number of rotatable bonds is 2. The fourth-order valence-corrected chi connectivity index (χ4v) is 3.62. The van der Waals surface area contributed by atoms with Gasteiger partial charge < -0.3 is 9.47 Å². The lowest BCUT2D eigenvalue weighted by Crippen LogP contribution is -2.53. The Labute approximate surface area is 207 Å². The number of alkyl halides is 3. The highest BCUT2D eigenvalue weighted by atomic mass is 79.9. The van der Waals surface area contributed by atoms with E-state index in [1.165, 1.54) is 58.0 Å². The van der Waals surface area contributed by atoms with Crippen molar-refractivity contribution in [3.63, 3.8) is 0 Å². The van der Waals surface area contributed by atoms with Crippen LogP contribution in [0.15, 0.2) is 52.1 Å². The molecule has 1 aliphatic rings. The molecule has 0 radical (unpaired) electrons. The monoisotopic (exact) mass is 559 g/mol. The highest BCUT2D eigenvalue weighted by Crippen LogP contribution is 2.41. The minimum absolute atomic E-state index is 0.0349. The molecule has 188 valence electrons. The molecule has 0 aliphatic carbocycles. The summed E-state index contributed by atoms with van der Waals surface area (Å²) >= 11 is 3.08. The first-order valence-electron chi connectivity index (χ1n) is 10.4. The Kier molecular flexibility index (Phi) is 7.26. The fraction of sp³-hybridized carbons (Fsp3) is 0.391. The molecule has 1 aromatic carbocycles. The third-order valence-electron chi connectivity index (χ3n) is 4.85. The van der Waals surface area contributed by atoms with Crippen LogP contribution in [0.4, 0.5) is 22.4 Å². The molecule has 2 heterocycles. The summed E-state index contributed by atoms with van der Waals surface area (Å²) in [5.41, 5.74) is -3.50. The quantitative estimate of drug-likeness (QED) is 0.334. The Morgan fingerprint density at radius 2 is 1.77 bits per heavy atom. The molecular formula is C23H22BrF4N3O4. The van der Waals surface area contributed by atoms with Gasteiger partial charge in [-0.05, 0) is 67.9 Å². The molecule has 2 amide bonds. The zero-order valence-corrected chi connectivity index (χ0v) is 20.8. The molecule has 1 aromatic heterocycles. The first-order valence-corrected chi connectivity index (χ1v) is 11.2. The molecule has 0 N–H and O–H groups in total. The molecule has 12 heteroatoms. The maximum Gasteiger partial charge on any atom is 0.425 e. The first kappa shape index (κ1) is 26.6. The van der Waals surface area contributed by atoms with Gasteiger partial charge in [-0.3, -0.25) is 4.79 Å². The van der Waals surface area contributed by atoms with Crippen molar-refractivity contribution in [1.29, 1.82) is 0 Å². The zero-order chi connectivity index (χ0) is 26.2. The number of amidine groups is 1. The number of ether oxygens (including phenoxy) is 2. The lowest BCUT2D eigenvalue weighted by Gasteiger charge is -2.38. The number of aliphatic imine (C=N–C) groups is 1. The summed E-state index contributed by atoms with van der Waals surface area (Å²) in [6.07, 6.45) is -9.60. The number of hydrogen-bond donors (Lipinski definition) is 0. The van der Waals surface area contributed by atoms with Gasteiger partial charge in [0, 0.05) is 12.0 Å². The van der Waals surface area contributed by atoms with Gasteiger partial charge in [-0.25, -0.2) is 19.2 Å². The van der Waals surface area contributed by atoms with Crippen LogP contribution in [0.2, 0.25) is 0 Å². The normalized spacial score (nSPS) is 20.5. The van der Waals surface area contributed by atoms with Gasteiger partial charge in [0.15, 0.2) is 6.10 Å². The molecule has 0 spiro atoms. The van der Waals surface area contributed by atoms with Gasteiger partial charge in [0.05, 0.1) is 0 Å². The summed E-state index contributed by atoms with van der Waals surface area (Å²) in [4.78, 5) is 34.7. The zero-order valence-electron chi connectivity index (χ0n) is 19.2. The number of aromatic nitrogens is 1. The molecule has 0 saturated carbocycles. The van der Waals surface area contributed by atoms with E-state index < -0.39 is 59.4 Å². The van der Waals surface area contributed by atoms with Gasteiger partial charge in [-0.1, -0.05) is 18.2 Å². The maximum absolute atomic E-state index is 14.7. The van der Waals surface area contributed by atoms with Crippen molar-refractivity contribution < 1.29 is 36.6 Å². The van der Waals surface area contributed by atoms with Crippen LogP contribution in [-0.2, 0) is 15.0 Å². The lowest BCUT2D eigenvalue weighted by atomic mass is 9.89. The van der Waals surface area contributed by atoms with E-state index in [1.54, 1.807) is 6.07 Å². The first-order chi connectivity index (χ1) is 16.1. The number of amides is 2. The minimum Gasteiger partial charge on any atom is -0.451 e. The van der Waals surface area contributed by atoms with Crippen LogP contribution in [0.25, 0.3) is 0 Å². The van der Waals surface area contributed by atoms with E-state index in [0.717, 1.165) is 6.07 Å². The van der Waals surface area contributed by atoms with E-state index in [2.05, 4.69) is 25.9 Å². The molecular weight excluding hydrogens is 538 g/mol. The topological polar surface area (TPSA) is 81.1 Å². The minimum atomic E-state index is -4.93. The second-order valence-electron chi connectivity index (χ2n) is 8.97. The third-order valence-corrected chi connectivity index (χ3v) is 5.29. The van der Waals surface area contributed by atoms with Crippen LogP contribution in [0, 0.1) is 5.82 Å². The van der Waals surface area contributed by atoms with Crippen molar-refractivity contribution in [2.75, 3.05) is 0 Å². The summed E-state index contributed by atoms with van der Waals surface area (Å²) in [7, 11) is 0.